The lowest BCUT2D eigenvalue weighted by Crippen LogP contribution is -2.34. The molecule has 138 valence electrons. The predicted octanol–water partition coefficient (Wildman–Crippen LogP) is 3.12. The fourth-order valence-electron chi connectivity index (χ4n) is 2.49. The number of methoxy groups -OCH3 is 1. The van der Waals surface area contributed by atoms with Gasteiger partial charge in [-0.3, -0.25) is 4.99 Å². The highest BCUT2D eigenvalue weighted by Crippen LogP contribution is 2.27. The molecule has 1 unspecified atom stereocenters. The zero-order valence-electron chi connectivity index (χ0n) is 14.9. The quantitative estimate of drug-likeness (QED) is 0.351. The van der Waals surface area contributed by atoms with Gasteiger partial charge in [0.05, 0.1) is 19.7 Å². The van der Waals surface area contributed by atoms with Crippen molar-refractivity contribution in [1.82, 2.24) is 10.2 Å². The van der Waals surface area contributed by atoms with Gasteiger partial charge in [-0.15, -0.1) is 35.3 Å². The van der Waals surface area contributed by atoms with Crippen molar-refractivity contribution >= 4 is 41.3 Å². The van der Waals surface area contributed by atoms with Crippen molar-refractivity contribution in [2.75, 3.05) is 34.3 Å². The zero-order chi connectivity index (χ0) is 17.4. The molecule has 0 amide bonds. The Labute approximate surface area is 171 Å². The molecule has 0 aliphatic carbocycles. The Bertz CT molecular complexity index is 646. The van der Waals surface area contributed by atoms with Crippen molar-refractivity contribution < 1.29 is 4.74 Å². The van der Waals surface area contributed by atoms with Gasteiger partial charge in [-0.25, -0.2) is 0 Å². The first-order valence-electron chi connectivity index (χ1n) is 7.97. The maximum absolute atomic E-state index is 6.00. The lowest BCUT2D eigenvalue weighted by atomic mass is 10.0. The minimum Gasteiger partial charge on any atom is -0.496 e. The van der Waals surface area contributed by atoms with Crippen LogP contribution in [-0.4, -0.2) is 45.2 Å². The second-order valence-corrected chi connectivity index (χ2v) is 6.74. The van der Waals surface area contributed by atoms with Gasteiger partial charge >= 0.3 is 0 Å². The number of nitrogens with two attached hydrogens (primary N) is 1. The number of para-hydroxylation sites is 1. The minimum atomic E-state index is 0. The summed E-state index contributed by atoms with van der Waals surface area (Å²) in [5.74, 6) is 1.35. The summed E-state index contributed by atoms with van der Waals surface area (Å²) in [7, 11) is 5.76. The molecular weight excluding hydrogens is 447 g/mol. The summed E-state index contributed by atoms with van der Waals surface area (Å²) in [6, 6.07) is 12.3. The van der Waals surface area contributed by atoms with Gasteiger partial charge in [0, 0.05) is 17.0 Å². The molecule has 3 N–H and O–H groups in total. The molecule has 0 aliphatic heterocycles. The molecule has 0 saturated carbocycles. The first-order valence-corrected chi connectivity index (χ1v) is 8.85. The fourth-order valence-corrected chi connectivity index (χ4v) is 3.20. The van der Waals surface area contributed by atoms with Gasteiger partial charge in [0.15, 0.2) is 5.96 Å². The van der Waals surface area contributed by atoms with Crippen LogP contribution >= 0.6 is 35.3 Å². The molecule has 0 fully saturated rings. The molecule has 0 spiro atoms. The molecule has 25 heavy (non-hydrogen) atoms. The summed E-state index contributed by atoms with van der Waals surface area (Å²) in [4.78, 5) is 7.97. The summed E-state index contributed by atoms with van der Waals surface area (Å²) in [6.45, 7) is 1.36. The highest BCUT2D eigenvalue weighted by Gasteiger charge is 2.17. The molecular formula is C18H27IN4OS. The summed E-state index contributed by atoms with van der Waals surface area (Å²) in [5.41, 5.74) is 7.11. The van der Waals surface area contributed by atoms with E-state index in [-0.39, 0.29) is 30.0 Å². The monoisotopic (exact) mass is 474 g/mol. The third kappa shape index (κ3) is 6.83. The Balaban J connectivity index is 0.00000312. The van der Waals surface area contributed by atoms with Crippen LogP contribution in [0.1, 0.15) is 16.5 Å². The maximum Gasteiger partial charge on any atom is 0.188 e. The molecule has 2 aromatic rings. The molecule has 2 rings (SSSR count). The summed E-state index contributed by atoms with van der Waals surface area (Å²) >= 11 is 1.76. The van der Waals surface area contributed by atoms with Gasteiger partial charge in [0.25, 0.3) is 0 Å². The number of halogens is 1. The number of hydrogen-bond donors (Lipinski definition) is 2. The molecule has 1 aromatic heterocycles. The van der Waals surface area contributed by atoms with Crippen molar-refractivity contribution in [2.45, 2.75) is 12.5 Å². The van der Waals surface area contributed by atoms with Crippen molar-refractivity contribution in [2.24, 2.45) is 10.7 Å². The van der Waals surface area contributed by atoms with Gasteiger partial charge < -0.3 is 20.7 Å². The van der Waals surface area contributed by atoms with E-state index in [4.69, 9.17) is 10.5 Å². The fraction of sp³-hybridized carbons (Fsp3) is 0.389. The van der Waals surface area contributed by atoms with Crippen LogP contribution in [0.15, 0.2) is 46.8 Å². The van der Waals surface area contributed by atoms with E-state index in [1.54, 1.807) is 18.4 Å². The van der Waals surface area contributed by atoms with E-state index >= 15 is 0 Å². The number of thiophene rings is 1. The van der Waals surface area contributed by atoms with E-state index in [1.807, 2.05) is 32.3 Å². The number of benzene rings is 1. The Hall–Kier alpha value is -1.32. The molecule has 1 atom stereocenters. The average Bonchev–Trinajstić information content (AvgIpc) is 3.08. The van der Waals surface area contributed by atoms with Gasteiger partial charge in [-0.05, 0) is 38.0 Å². The molecule has 0 saturated heterocycles. The number of nitrogens with zero attached hydrogens (tertiary/aromatic N) is 2. The van der Waals surface area contributed by atoms with Crippen LogP contribution in [-0.2, 0) is 6.42 Å². The highest BCUT2D eigenvalue weighted by atomic mass is 127. The van der Waals surface area contributed by atoms with E-state index in [0.29, 0.717) is 12.5 Å². The Morgan fingerprint density at radius 3 is 2.68 bits per heavy atom. The standard InChI is InChI=1S/C18H26N4OS.HI/c1-22(2)16(15-8-4-5-9-17(15)23-3)13-21-18(19)20-11-10-14-7-6-12-24-14;/h4-9,12,16H,10-11,13H2,1-3H3,(H3,19,20,21);1H. The molecule has 7 heteroatoms. The molecule has 1 aromatic carbocycles. The van der Waals surface area contributed by atoms with Gasteiger partial charge in [0.2, 0.25) is 0 Å². The summed E-state index contributed by atoms with van der Waals surface area (Å²) in [5, 5.41) is 5.26. The number of guanidine groups is 1. The number of likely N-dealkylation sites (N-methyl/N-ethyl adjacent to an activating group) is 1. The smallest absolute Gasteiger partial charge is 0.188 e. The lowest BCUT2D eigenvalue weighted by Gasteiger charge is -2.25. The number of nitrogens with one attached hydrogen (secondary N) is 1. The molecule has 0 bridgehead atoms. The number of aliphatic imine (C=N–C) groups is 1. The van der Waals surface area contributed by atoms with Crippen LogP contribution in [0.4, 0.5) is 0 Å². The lowest BCUT2D eigenvalue weighted by molar-refractivity contribution is 0.295. The molecule has 5 nitrogen and oxygen atoms in total. The first kappa shape index (κ1) is 21.7. The second kappa shape index (κ2) is 11.3. The maximum atomic E-state index is 6.00. The van der Waals surface area contributed by atoms with E-state index in [0.717, 1.165) is 24.3 Å². The number of hydrogen-bond acceptors (Lipinski definition) is 4. The Morgan fingerprint density at radius 2 is 2.04 bits per heavy atom. The van der Waals surface area contributed by atoms with E-state index in [2.05, 4.69) is 38.8 Å². The van der Waals surface area contributed by atoms with Gasteiger partial charge in [-0.1, -0.05) is 24.3 Å². The Kier molecular flexibility index (Phi) is 9.84. The minimum absolute atomic E-state index is 0. The van der Waals surface area contributed by atoms with Crippen molar-refractivity contribution in [1.29, 1.82) is 0 Å². The van der Waals surface area contributed by atoms with Crippen molar-refractivity contribution in [3.63, 3.8) is 0 Å². The normalized spacial score (nSPS) is 12.6. The van der Waals surface area contributed by atoms with Gasteiger partial charge in [0.1, 0.15) is 5.75 Å². The Morgan fingerprint density at radius 1 is 1.28 bits per heavy atom. The van der Waals surface area contributed by atoms with E-state index in [1.165, 1.54) is 4.88 Å². The highest BCUT2D eigenvalue weighted by molar-refractivity contribution is 14.0. The van der Waals surface area contributed by atoms with Crippen molar-refractivity contribution in [3.8, 4) is 5.75 Å². The van der Waals surface area contributed by atoms with E-state index in [9.17, 15) is 0 Å². The van der Waals surface area contributed by atoms with Crippen LogP contribution in [0.25, 0.3) is 0 Å². The third-order valence-corrected chi connectivity index (χ3v) is 4.75. The van der Waals surface area contributed by atoms with E-state index < -0.39 is 0 Å². The van der Waals surface area contributed by atoms with Crippen LogP contribution in [0.5, 0.6) is 5.75 Å². The van der Waals surface area contributed by atoms with Crippen LogP contribution in [0, 0.1) is 0 Å². The SMILES string of the molecule is COc1ccccc1C(CN=C(N)NCCc1cccs1)N(C)C.I. The van der Waals surface area contributed by atoms with Gasteiger partial charge in [-0.2, -0.15) is 0 Å². The van der Waals surface area contributed by atoms with Crippen LogP contribution in [0.3, 0.4) is 0 Å². The third-order valence-electron chi connectivity index (χ3n) is 3.81. The first-order chi connectivity index (χ1) is 11.6. The second-order valence-electron chi connectivity index (χ2n) is 5.70. The summed E-state index contributed by atoms with van der Waals surface area (Å²) in [6.07, 6.45) is 0.956. The topological polar surface area (TPSA) is 62.9 Å². The molecule has 0 radical (unpaired) electrons. The average molecular weight is 474 g/mol. The number of ether oxygens (including phenoxy) is 1. The van der Waals surface area contributed by atoms with Crippen LogP contribution in [0.2, 0.25) is 0 Å². The summed E-state index contributed by atoms with van der Waals surface area (Å²) < 4.78 is 5.47. The predicted molar refractivity (Wildman–Crippen MR) is 117 cm³/mol. The molecule has 0 aliphatic rings. The largest absolute Gasteiger partial charge is 0.496 e. The zero-order valence-corrected chi connectivity index (χ0v) is 18.1. The number of rotatable bonds is 8. The van der Waals surface area contributed by atoms with Crippen LogP contribution < -0.4 is 15.8 Å². The molecule has 1 heterocycles. The van der Waals surface area contributed by atoms with Crippen molar-refractivity contribution in [3.05, 3.63) is 52.2 Å².